The lowest BCUT2D eigenvalue weighted by Gasteiger charge is -2.24. The Hall–Kier alpha value is -0.870. The Balaban J connectivity index is 4.97. The number of carbonyl (C=O) groups is 1. The summed E-state index contributed by atoms with van der Waals surface area (Å²) in [6, 6.07) is -1.72. The highest BCUT2D eigenvalue weighted by Gasteiger charge is 2.36. The molecule has 0 aliphatic heterocycles. The van der Waals surface area contributed by atoms with Gasteiger partial charge in [0, 0.05) is 6.54 Å². The first-order valence-corrected chi connectivity index (χ1v) is 5.92. The first-order chi connectivity index (χ1) is 7.49. The summed E-state index contributed by atoms with van der Waals surface area (Å²) in [5.41, 5.74) is 0. The molecule has 17 heavy (non-hydrogen) atoms. The van der Waals surface area contributed by atoms with Gasteiger partial charge in [0.15, 0.2) is 0 Å². The zero-order valence-corrected chi connectivity index (χ0v) is 9.62. The molecule has 1 atom stereocenters. The van der Waals surface area contributed by atoms with Crippen LogP contribution in [-0.2, 0) is 15.1 Å². The van der Waals surface area contributed by atoms with Gasteiger partial charge in [0.05, 0.1) is 6.42 Å². The van der Waals surface area contributed by atoms with Crippen molar-refractivity contribution in [2.45, 2.75) is 32.0 Å². The molecule has 0 fully saturated rings. The molecule has 0 aromatic rings. The molecule has 0 rings (SSSR count). The predicted molar refractivity (Wildman–Crippen MR) is 50.6 cm³/mol. The summed E-state index contributed by atoms with van der Waals surface area (Å²) >= 11 is 0. The van der Waals surface area contributed by atoms with Gasteiger partial charge in [-0.25, -0.2) is 0 Å². The average Bonchev–Trinajstić information content (AvgIpc) is 2.07. The lowest BCUT2D eigenvalue weighted by atomic mass is 10.2. The van der Waals surface area contributed by atoms with Crippen LogP contribution in [0.5, 0.6) is 0 Å². The van der Waals surface area contributed by atoms with E-state index in [0.29, 0.717) is 0 Å². The monoisotopic (exact) mass is 279 g/mol. The van der Waals surface area contributed by atoms with Gasteiger partial charge in [-0.05, 0) is 6.42 Å². The first kappa shape index (κ1) is 16.1. The van der Waals surface area contributed by atoms with Crippen molar-refractivity contribution in [1.82, 2.24) is 4.31 Å². The van der Waals surface area contributed by atoms with E-state index in [-0.39, 0.29) is 10.7 Å². The van der Waals surface area contributed by atoms with E-state index in [4.69, 9.17) is 9.66 Å². The van der Waals surface area contributed by atoms with Gasteiger partial charge in [0.1, 0.15) is 6.04 Å². The molecule has 0 spiro atoms. The third-order valence-electron chi connectivity index (χ3n) is 1.93. The van der Waals surface area contributed by atoms with Gasteiger partial charge in [-0.1, -0.05) is 6.92 Å². The first-order valence-electron chi connectivity index (χ1n) is 4.53. The van der Waals surface area contributed by atoms with E-state index in [9.17, 15) is 26.4 Å². The normalized spacial score (nSPS) is 14.9. The summed E-state index contributed by atoms with van der Waals surface area (Å²) in [6.45, 7) is 0.150. The van der Waals surface area contributed by atoms with E-state index in [2.05, 4.69) is 0 Å². The Morgan fingerprint density at radius 2 is 1.88 bits per heavy atom. The second kappa shape index (κ2) is 5.65. The maximum absolute atomic E-state index is 11.9. The van der Waals surface area contributed by atoms with Crippen molar-refractivity contribution in [3.05, 3.63) is 0 Å². The maximum atomic E-state index is 11.9. The van der Waals surface area contributed by atoms with Gasteiger partial charge >= 0.3 is 22.4 Å². The molecule has 0 heterocycles. The molecule has 102 valence electrons. The van der Waals surface area contributed by atoms with Crippen LogP contribution in [0.1, 0.15) is 19.8 Å². The fourth-order valence-corrected chi connectivity index (χ4v) is 2.05. The van der Waals surface area contributed by atoms with Crippen LogP contribution < -0.4 is 0 Å². The van der Waals surface area contributed by atoms with Crippen LogP contribution in [0.2, 0.25) is 0 Å². The van der Waals surface area contributed by atoms with Crippen LogP contribution in [-0.4, -0.2) is 47.1 Å². The molecule has 0 aliphatic rings. The molecule has 0 aromatic carbocycles. The summed E-state index contributed by atoms with van der Waals surface area (Å²) in [7, 11) is -4.99. The molecule has 0 radical (unpaired) electrons. The minimum Gasteiger partial charge on any atom is -0.480 e. The smallest absolute Gasteiger partial charge is 0.390 e. The summed E-state index contributed by atoms with van der Waals surface area (Å²) in [5, 5.41) is 8.64. The molecule has 0 amide bonds. The lowest BCUT2D eigenvalue weighted by Crippen LogP contribution is -2.45. The van der Waals surface area contributed by atoms with Crippen LogP contribution in [0.3, 0.4) is 0 Å². The summed E-state index contributed by atoms with van der Waals surface area (Å²) in [5.74, 6) is -1.62. The molecule has 0 bridgehead atoms. The van der Waals surface area contributed by atoms with Gasteiger partial charge in [0.25, 0.3) is 0 Å². The Morgan fingerprint density at radius 3 is 2.12 bits per heavy atom. The van der Waals surface area contributed by atoms with Crippen molar-refractivity contribution in [2.24, 2.45) is 0 Å². The molecule has 0 aliphatic carbocycles. The van der Waals surface area contributed by atoms with Crippen molar-refractivity contribution >= 4 is 16.3 Å². The van der Waals surface area contributed by atoms with E-state index >= 15 is 0 Å². The number of halogens is 3. The molecule has 6 nitrogen and oxygen atoms in total. The predicted octanol–water partition coefficient (Wildman–Crippen LogP) is 0.907. The fraction of sp³-hybridized carbons (Fsp3) is 0.857. The number of hydrogen-bond donors (Lipinski definition) is 2. The SMILES string of the molecule is CCC(C(=O)O)N(CCC(F)(F)F)S(=O)(=O)O. The minimum atomic E-state index is -4.99. The Labute approximate surface area is 95.9 Å². The van der Waals surface area contributed by atoms with Gasteiger partial charge in [0.2, 0.25) is 0 Å². The van der Waals surface area contributed by atoms with E-state index in [1.807, 2.05) is 0 Å². The quantitative estimate of drug-likeness (QED) is 0.704. The molecule has 2 N–H and O–H groups in total. The zero-order chi connectivity index (χ0) is 13.9. The minimum absolute atomic E-state index is 0.0805. The second-order valence-corrected chi connectivity index (χ2v) is 4.58. The number of aliphatic carboxylic acids is 1. The molecule has 0 saturated heterocycles. The number of nitrogens with zero attached hydrogens (tertiary/aromatic N) is 1. The maximum Gasteiger partial charge on any atom is 0.390 e. The zero-order valence-electron chi connectivity index (χ0n) is 8.81. The van der Waals surface area contributed by atoms with Crippen molar-refractivity contribution in [3.8, 4) is 0 Å². The highest BCUT2D eigenvalue weighted by molar-refractivity contribution is 7.83. The van der Waals surface area contributed by atoms with E-state index in [1.165, 1.54) is 6.92 Å². The number of carboxylic acid groups (broad SMARTS) is 1. The second-order valence-electron chi connectivity index (χ2n) is 3.22. The van der Waals surface area contributed by atoms with Crippen molar-refractivity contribution in [2.75, 3.05) is 6.54 Å². The third kappa shape index (κ3) is 5.84. The van der Waals surface area contributed by atoms with E-state index in [1.54, 1.807) is 0 Å². The van der Waals surface area contributed by atoms with Gasteiger partial charge < -0.3 is 5.11 Å². The highest BCUT2D eigenvalue weighted by Crippen LogP contribution is 2.22. The lowest BCUT2D eigenvalue weighted by molar-refractivity contribution is -0.146. The van der Waals surface area contributed by atoms with Gasteiger partial charge in [-0.2, -0.15) is 25.9 Å². The topological polar surface area (TPSA) is 94.9 Å². The molecule has 10 heteroatoms. The van der Waals surface area contributed by atoms with E-state index < -0.39 is 41.5 Å². The number of alkyl halides is 3. The van der Waals surface area contributed by atoms with Crippen molar-refractivity contribution in [1.29, 1.82) is 0 Å². The Bertz CT molecular complexity index is 366. The third-order valence-corrected chi connectivity index (χ3v) is 2.96. The summed E-state index contributed by atoms with van der Waals surface area (Å²) in [6.07, 6.45) is -6.43. The Kier molecular flexibility index (Phi) is 5.36. The average molecular weight is 279 g/mol. The van der Waals surface area contributed by atoms with E-state index in [0.717, 1.165) is 0 Å². The standard InChI is InChI=1S/C7H12F3NO5S/c1-2-5(6(12)13)11(17(14,15)16)4-3-7(8,9)10/h5H,2-4H2,1H3,(H,12,13)(H,14,15,16). The Morgan fingerprint density at radius 1 is 1.41 bits per heavy atom. The summed E-state index contributed by atoms with van der Waals surface area (Å²) < 4.78 is 66.0. The molecule has 0 aromatic heterocycles. The van der Waals surface area contributed by atoms with Crippen LogP contribution in [0.25, 0.3) is 0 Å². The molecular formula is C7H12F3NO5S. The van der Waals surface area contributed by atoms with Crippen LogP contribution in [0.15, 0.2) is 0 Å². The fourth-order valence-electron chi connectivity index (χ4n) is 1.17. The number of hydrogen-bond acceptors (Lipinski definition) is 3. The van der Waals surface area contributed by atoms with Crippen molar-refractivity contribution < 1.29 is 36.0 Å². The van der Waals surface area contributed by atoms with Gasteiger partial charge in [-0.15, -0.1) is 0 Å². The van der Waals surface area contributed by atoms with Crippen LogP contribution >= 0.6 is 0 Å². The molecular weight excluding hydrogens is 267 g/mol. The summed E-state index contributed by atoms with van der Waals surface area (Å²) in [4.78, 5) is 10.6. The van der Waals surface area contributed by atoms with Crippen LogP contribution in [0, 0.1) is 0 Å². The highest BCUT2D eigenvalue weighted by atomic mass is 32.2. The largest absolute Gasteiger partial charge is 0.480 e. The van der Waals surface area contributed by atoms with Gasteiger partial charge in [-0.3, -0.25) is 9.35 Å². The molecule has 1 unspecified atom stereocenters. The van der Waals surface area contributed by atoms with Crippen LogP contribution in [0.4, 0.5) is 13.2 Å². The van der Waals surface area contributed by atoms with Crippen molar-refractivity contribution in [3.63, 3.8) is 0 Å². The number of carboxylic acids is 1. The number of rotatable bonds is 6. The molecule has 0 saturated carbocycles.